The maximum atomic E-state index is 5.36. The lowest BCUT2D eigenvalue weighted by Crippen LogP contribution is -2.06. The van der Waals surface area contributed by atoms with E-state index in [9.17, 15) is 0 Å². The largest absolute Gasteiger partial charge is 0.345 e. The molecule has 3 rings (SSSR count). The van der Waals surface area contributed by atoms with Gasteiger partial charge in [0.15, 0.2) is 6.29 Å². The highest BCUT2D eigenvalue weighted by Gasteiger charge is 2.45. The molecule has 2 heterocycles. The van der Waals surface area contributed by atoms with Gasteiger partial charge in [0.1, 0.15) is 6.10 Å². The Balaban J connectivity index is 2.14. The molecule has 2 unspecified atom stereocenters. The summed E-state index contributed by atoms with van der Waals surface area (Å²) in [5.74, 6) is 0. The van der Waals surface area contributed by atoms with E-state index in [4.69, 9.17) is 9.47 Å². The molecular formula is C9H8O2. The van der Waals surface area contributed by atoms with Gasteiger partial charge < -0.3 is 9.47 Å². The van der Waals surface area contributed by atoms with Crippen molar-refractivity contribution >= 4 is 0 Å². The van der Waals surface area contributed by atoms with Crippen molar-refractivity contribution in [3.05, 3.63) is 35.4 Å². The van der Waals surface area contributed by atoms with Crippen LogP contribution in [0.4, 0.5) is 0 Å². The molecular weight excluding hydrogens is 140 g/mol. The van der Waals surface area contributed by atoms with Crippen molar-refractivity contribution in [1.82, 2.24) is 0 Å². The van der Waals surface area contributed by atoms with E-state index >= 15 is 0 Å². The molecule has 0 spiro atoms. The van der Waals surface area contributed by atoms with E-state index in [1.807, 2.05) is 12.1 Å². The van der Waals surface area contributed by atoms with Gasteiger partial charge >= 0.3 is 0 Å². The van der Waals surface area contributed by atoms with Gasteiger partial charge in [-0.1, -0.05) is 24.3 Å². The zero-order valence-corrected chi connectivity index (χ0v) is 5.99. The van der Waals surface area contributed by atoms with Crippen LogP contribution in [0.25, 0.3) is 0 Å². The van der Waals surface area contributed by atoms with Crippen LogP contribution in [0.15, 0.2) is 24.3 Å². The predicted octanol–water partition coefficient (Wildman–Crippen LogP) is 1.61. The standard InChI is InChI=1S/C9H8O2/c1-2-4-7-6(3-1)5-10-9-8(7)11-9/h1-4,8-9H,5H2. The molecule has 0 amide bonds. The minimum atomic E-state index is 0.0601. The maximum absolute atomic E-state index is 5.36. The van der Waals surface area contributed by atoms with Crippen molar-refractivity contribution in [1.29, 1.82) is 0 Å². The molecule has 2 aliphatic rings. The summed E-state index contributed by atoms with van der Waals surface area (Å²) in [6.45, 7) is 0.706. The lowest BCUT2D eigenvalue weighted by atomic mass is 10.0. The summed E-state index contributed by atoms with van der Waals surface area (Å²) >= 11 is 0. The van der Waals surface area contributed by atoms with E-state index in [2.05, 4.69) is 12.1 Å². The molecule has 0 aromatic heterocycles. The van der Waals surface area contributed by atoms with E-state index in [0.29, 0.717) is 6.61 Å². The van der Waals surface area contributed by atoms with Crippen LogP contribution in [0, 0.1) is 0 Å². The lowest BCUT2D eigenvalue weighted by Gasteiger charge is -2.10. The Morgan fingerprint density at radius 2 is 2.18 bits per heavy atom. The second-order valence-corrected chi connectivity index (χ2v) is 2.93. The van der Waals surface area contributed by atoms with Crippen LogP contribution >= 0.6 is 0 Å². The van der Waals surface area contributed by atoms with Gasteiger partial charge in [-0.2, -0.15) is 0 Å². The normalized spacial score (nSPS) is 32.4. The van der Waals surface area contributed by atoms with Crippen LogP contribution < -0.4 is 0 Å². The Kier molecular flexibility index (Phi) is 0.962. The molecule has 2 heteroatoms. The monoisotopic (exact) mass is 148 g/mol. The first-order valence-electron chi connectivity index (χ1n) is 3.80. The van der Waals surface area contributed by atoms with Gasteiger partial charge in [-0.3, -0.25) is 0 Å². The molecule has 0 saturated carbocycles. The molecule has 56 valence electrons. The first-order valence-corrected chi connectivity index (χ1v) is 3.80. The average Bonchev–Trinajstić information content (AvgIpc) is 2.83. The van der Waals surface area contributed by atoms with Gasteiger partial charge in [-0.25, -0.2) is 0 Å². The SMILES string of the molecule is c1ccc2c(c1)COC1OC21. The molecule has 0 N–H and O–H groups in total. The minimum Gasteiger partial charge on any atom is -0.345 e. The molecule has 1 saturated heterocycles. The van der Waals surface area contributed by atoms with E-state index in [-0.39, 0.29) is 12.4 Å². The number of benzene rings is 1. The van der Waals surface area contributed by atoms with Crippen molar-refractivity contribution in [3.63, 3.8) is 0 Å². The summed E-state index contributed by atoms with van der Waals surface area (Å²) in [4.78, 5) is 0. The first-order chi connectivity index (χ1) is 5.45. The van der Waals surface area contributed by atoms with Crippen molar-refractivity contribution in [3.8, 4) is 0 Å². The molecule has 2 aliphatic heterocycles. The van der Waals surface area contributed by atoms with Crippen molar-refractivity contribution < 1.29 is 9.47 Å². The predicted molar refractivity (Wildman–Crippen MR) is 38.8 cm³/mol. The summed E-state index contributed by atoms with van der Waals surface area (Å²) < 4.78 is 10.6. The second-order valence-electron chi connectivity index (χ2n) is 2.93. The Bertz CT molecular complexity index is 295. The summed E-state index contributed by atoms with van der Waals surface area (Å²) in [6, 6.07) is 8.28. The van der Waals surface area contributed by atoms with Crippen LogP contribution in [0.3, 0.4) is 0 Å². The zero-order valence-electron chi connectivity index (χ0n) is 5.99. The molecule has 1 aromatic carbocycles. The number of epoxide rings is 1. The third kappa shape index (κ3) is 0.737. The second kappa shape index (κ2) is 1.84. The third-order valence-corrected chi connectivity index (χ3v) is 2.22. The maximum Gasteiger partial charge on any atom is 0.189 e. The number of hydrogen-bond acceptors (Lipinski definition) is 2. The van der Waals surface area contributed by atoms with Gasteiger partial charge in [0.2, 0.25) is 0 Å². The Hall–Kier alpha value is -0.860. The Morgan fingerprint density at radius 3 is 3.18 bits per heavy atom. The number of rotatable bonds is 0. The lowest BCUT2D eigenvalue weighted by molar-refractivity contribution is 0.0371. The zero-order chi connectivity index (χ0) is 7.26. The number of fused-ring (bicyclic) bond motifs is 3. The molecule has 0 aliphatic carbocycles. The fourth-order valence-corrected chi connectivity index (χ4v) is 1.56. The van der Waals surface area contributed by atoms with Gasteiger partial charge in [0, 0.05) is 0 Å². The molecule has 2 atom stereocenters. The minimum absolute atomic E-state index is 0.0601. The summed E-state index contributed by atoms with van der Waals surface area (Å²) in [5, 5.41) is 0. The van der Waals surface area contributed by atoms with Crippen LogP contribution in [-0.4, -0.2) is 6.29 Å². The van der Waals surface area contributed by atoms with Crippen molar-refractivity contribution in [2.45, 2.75) is 19.0 Å². The van der Waals surface area contributed by atoms with Crippen LogP contribution in [-0.2, 0) is 16.1 Å². The average molecular weight is 148 g/mol. The fourth-order valence-electron chi connectivity index (χ4n) is 1.56. The molecule has 0 radical (unpaired) electrons. The third-order valence-electron chi connectivity index (χ3n) is 2.22. The van der Waals surface area contributed by atoms with Crippen LogP contribution in [0.2, 0.25) is 0 Å². The number of ether oxygens (including phenoxy) is 2. The van der Waals surface area contributed by atoms with Crippen molar-refractivity contribution in [2.75, 3.05) is 0 Å². The topological polar surface area (TPSA) is 21.8 Å². The Labute approximate surface area is 64.7 Å². The molecule has 11 heavy (non-hydrogen) atoms. The number of hydrogen-bond donors (Lipinski definition) is 0. The molecule has 1 fully saturated rings. The Morgan fingerprint density at radius 1 is 1.27 bits per heavy atom. The molecule has 2 nitrogen and oxygen atoms in total. The molecule has 1 aromatic rings. The quantitative estimate of drug-likeness (QED) is 0.521. The van der Waals surface area contributed by atoms with Gasteiger partial charge in [-0.05, 0) is 11.1 Å². The van der Waals surface area contributed by atoms with Crippen LogP contribution in [0.5, 0.6) is 0 Å². The fraction of sp³-hybridized carbons (Fsp3) is 0.333. The summed E-state index contributed by atoms with van der Waals surface area (Å²) in [6.07, 6.45) is 0.296. The van der Waals surface area contributed by atoms with Crippen LogP contribution in [0.1, 0.15) is 17.2 Å². The molecule has 0 bridgehead atoms. The summed E-state index contributed by atoms with van der Waals surface area (Å²) in [5.41, 5.74) is 2.58. The van der Waals surface area contributed by atoms with E-state index in [1.165, 1.54) is 11.1 Å². The van der Waals surface area contributed by atoms with E-state index in [0.717, 1.165) is 0 Å². The highest BCUT2D eigenvalue weighted by molar-refractivity contribution is 5.32. The van der Waals surface area contributed by atoms with Gasteiger partial charge in [0.05, 0.1) is 6.61 Å². The highest BCUT2D eigenvalue weighted by Crippen LogP contribution is 2.44. The van der Waals surface area contributed by atoms with E-state index < -0.39 is 0 Å². The van der Waals surface area contributed by atoms with Gasteiger partial charge in [-0.15, -0.1) is 0 Å². The summed E-state index contributed by atoms with van der Waals surface area (Å²) in [7, 11) is 0. The van der Waals surface area contributed by atoms with E-state index in [1.54, 1.807) is 0 Å². The first kappa shape index (κ1) is 5.75. The smallest absolute Gasteiger partial charge is 0.189 e. The highest BCUT2D eigenvalue weighted by atomic mass is 16.8. The van der Waals surface area contributed by atoms with Gasteiger partial charge in [0.25, 0.3) is 0 Å². The van der Waals surface area contributed by atoms with Crippen molar-refractivity contribution in [2.24, 2.45) is 0 Å².